The van der Waals surface area contributed by atoms with Crippen molar-refractivity contribution < 1.29 is 19.4 Å². The van der Waals surface area contributed by atoms with Crippen molar-refractivity contribution in [2.45, 2.75) is 25.9 Å². The third-order valence-corrected chi connectivity index (χ3v) is 5.96. The Hall–Kier alpha value is -1.83. The molecule has 7 heteroatoms. The molecule has 0 unspecified atom stereocenters. The maximum Gasteiger partial charge on any atom is 0.309 e. The third kappa shape index (κ3) is 6.32. The van der Waals surface area contributed by atoms with Crippen molar-refractivity contribution in [1.29, 1.82) is 0 Å². The largest absolute Gasteiger partial charge is 0.497 e. The van der Waals surface area contributed by atoms with Gasteiger partial charge in [0.05, 0.1) is 25.7 Å². The van der Waals surface area contributed by atoms with E-state index in [1.165, 1.54) is 5.69 Å². The van der Waals surface area contributed by atoms with Crippen molar-refractivity contribution in [3.63, 3.8) is 0 Å². The lowest BCUT2D eigenvalue weighted by molar-refractivity contribution is -0.149. The minimum Gasteiger partial charge on any atom is -0.497 e. The number of carbonyl (C=O) groups is 1. The molecule has 1 aromatic rings. The molecule has 0 bridgehead atoms. The van der Waals surface area contributed by atoms with Crippen LogP contribution in [0.15, 0.2) is 24.3 Å². The fourth-order valence-corrected chi connectivity index (χ4v) is 4.25. The van der Waals surface area contributed by atoms with Gasteiger partial charge in [0.2, 0.25) is 0 Å². The topological polar surface area (TPSA) is 65.5 Å². The number of hydrogen-bond donors (Lipinski definition) is 1. The summed E-state index contributed by atoms with van der Waals surface area (Å²) in [6.45, 7) is 9.21. The standard InChI is InChI=1S/C22H35N3O4/c1-3-29-22(27)18-8-10-23(11-9-18)16-20(26)17-24-12-14-25(15-13-24)19-4-6-21(28-2)7-5-19/h4-7,18,20,26H,3,8-17H2,1-2H3/t20-/m1/s1. The highest BCUT2D eigenvalue weighted by atomic mass is 16.5. The molecule has 0 spiro atoms. The van der Waals surface area contributed by atoms with E-state index in [0.29, 0.717) is 19.7 Å². The number of nitrogens with zero attached hydrogens (tertiary/aromatic N) is 3. The molecule has 1 atom stereocenters. The van der Waals surface area contributed by atoms with Crippen molar-refractivity contribution in [3.8, 4) is 5.75 Å². The van der Waals surface area contributed by atoms with Crippen LogP contribution in [0.5, 0.6) is 5.75 Å². The first-order chi connectivity index (χ1) is 14.1. The molecular weight excluding hydrogens is 370 g/mol. The third-order valence-electron chi connectivity index (χ3n) is 5.96. The van der Waals surface area contributed by atoms with Crippen molar-refractivity contribution >= 4 is 11.7 Å². The maximum absolute atomic E-state index is 11.8. The molecule has 7 nitrogen and oxygen atoms in total. The zero-order valence-corrected chi connectivity index (χ0v) is 17.8. The molecule has 0 amide bonds. The predicted octanol–water partition coefficient (Wildman–Crippen LogP) is 1.45. The van der Waals surface area contributed by atoms with Crippen LogP contribution < -0.4 is 9.64 Å². The molecular formula is C22H35N3O4. The van der Waals surface area contributed by atoms with Gasteiger partial charge in [-0.1, -0.05) is 0 Å². The quantitative estimate of drug-likeness (QED) is 0.657. The summed E-state index contributed by atoms with van der Waals surface area (Å²) in [4.78, 5) is 18.8. The second-order valence-corrected chi connectivity index (χ2v) is 7.97. The summed E-state index contributed by atoms with van der Waals surface area (Å²) in [7, 11) is 1.68. The fourth-order valence-electron chi connectivity index (χ4n) is 4.25. The maximum atomic E-state index is 11.8. The Labute approximate surface area is 174 Å². The van der Waals surface area contributed by atoms with Crippen LogP contribution in [0.1, 0.15) is 19.8 Å². The summed E-state index contributed by atoms with van der Waals surface area (Å²) < 4.78 is 10.4. The molecule has 0 aliphatic carbocycles. The first-order valence-electron chi connectivity index (χ1n) is 10.8. The molecule has 2 fully saturated rings. The highest BCUT2D eigenvalue weighted by molar-refractivity contribution is 5.72. The van der Waals surface area contributed by atoms with Crippen LogP contribution in [-0.2, 0) is 9.53 Å². The number of β-amino-alcohol motifs (C(OH)–C–C–N with tert-alkyl or cyclic N) is 1. The van der Waals surface area contributed by atoms with Crippen LogP contribution in [-0.4, -0.2) is 93.1 Å². The van der Waals surface area contributed by atoms with Gasteiger partial charge in [-0.2, -0.15) is 0 Å². The average molecular weight is 406 g/mol. The van der Waals surface area contributed by atoms with Gasteiger partial charge in [-0.25, -0.2) is 0 Å². The Morgan fingerprint density at radius 2 is 1.62 bits per heavy atom. The summed E-state index contributed by atoms with van der Waals surface area (Å²) in [5.74, 6) is 0.832. The lowest BCUT2D eigenvalue weighted by Gasteiger charge is -2.38. The van der Waals surface area contributed by atoms with Crippen molar-refractivity contribution in [2.75, 3.05) is 71.0 Å². The van der Waals surface area contributed by atoms with E-state index in [0.717, 1.165) is 57.9 Å². The normalized spacial score (nSPS) is 20.4. The predicted molar refractivity (Wildman–Crippen MR) is 113 cm³/mol. The fraction of sp³-hybridized carbons (Fsp3) is 0.682. The molecule has 1 N–H and O–H groups in total. The molecule has 3 rings (SSSR count). The average Bonchev–Trinajstić information content (AvgIpc) is 2.75. The number of hydrogen-bond acceptors (Lipinski definition) is 7. The van der Waals surface area contributed by atoms with Gasteiger partial charge in [0.1, 0.15) is 5.75 Å². The van der Waals surface area contributed by atoms with E-state index in [1.807, 2.05) is 19.1 Å². The van der Waals surface area contributed by atoms with E-state index in [9.17, 15) is 9.90 Å². The van der Waals surface area contributed by atoms with E-state index in [-0.39, 0.29) is 18.0 Å². The van der Waals surface area contributed by atoms with Crippen LogP contribution in [0, 0.1) is 5.92 Å². The molecule has 1 aromatic carbocycles. The molecule has 2 saturated heterocycles. The number of aliphatic hydroxyl groups is 1. The SMILES string of the molecule is CCOC(=O)C1CCN(C[C@@H](O)CN2CCN(c3ccc(OC)cc3)CC2)CC1. The molecule has 0 radical (unpaired) electrons. The minimum absolute atomic E-state index is 0.0226. The molecule has 29 heavy (non-hydrogen) atoms. The number of carbonyl (C=O) groups excluding carboxylic acids is 1. The summed E-state index contributed by atoms with van der Waals surface area (Å²) in [6.07, 6.45) is 1.29. The van der Waals surface area contributed by atoms with Gasteiger partial charge in [0.25, 0.3) is 0 Å². The number of likely N-dealkylation sites (tertiary alicyclic amines) is 1. The molecule has 2 aliphatic rings. The van der Waals surface area contributed by atoms with E-state index in [2.05, 4.69) is 26.8 Å². The number of aliphatic hydroxyl groups excluding tert-OH is 1. The Kier molecular flexibility index (Phi) is 8.15. The summed E-state index contributed by atoms with van der Waals surface area (Å²) >= 11 is 0. The Bertz CT molecular complexity index is 623. The first kappa shape index (κ1) is 21.9. The van der Waals surface area contributed by atoms with Crippen LogP contribution in [0.4, 0.5) is 5.69 Å². The van der Waals surface area contributed by atoms with E-state index < -0.39 is 0 Å². The Balaban J connectivity index is 1.35. The molecule has 162 valence electrons. The number of piperidine rings is 1. The number of rotatable bonds is 8. The number of piperazine rings is 1. The molecule has 2 heterocycles. The van der Waals surface area contributed by atoms with Gasteiger partial charge >= 0.3 is 5.97 Å². The van der Waals surface area contributed by atoms with Crippen molar-refractivity contribution in [3.05, 3.63) is 24.3 Å². The summed E-state index contributed by atoms with van der Waals surface area (Å²) in [5, 5.41) is 10.6. The zero-order chi connectivity index (χ0) is 20.6. The number of anilines is 1. The van der Waals surface area contributed by atoms with E-state index in [1.54, 1.807) is 7.11 Å². The van der Waals surface area contributed by atoms with Crippen LogP contribution in [0.3, 0.4) is 0 Å². The van der Waals surface area contributed by atoms with E-state index in [4.69, 9.17) is 9.47 Å². The van der Waals surface area contributed by atoms with Gasteiger partial charge in [0, 0.05) is 45.0 Å². The van der Waals surface area contributed by atoms with E-state index >= 15 is 0 Å². The number of methoxy groups -OCH3 is 1. The lowest BCUT2D eigenvalue weighted by Crippen LogP contribution is -2.50. The lowest BCUT2D eigenvalue weighted by atomic mass is 9.97. The van der Waals surface area contributed by atoms with Gasteiger partial charge in [-0.05, 0) is 57.1 Å². The number of esters is 1. The summed E-state index contributed by atoms with van der Waals surface area (Å²) in [6, 6.07) is 8.19. The van der Waals surface area contributed by atoms with Crippen LogP contribution in [0.2, 0.25) is 0 Å². The van der Waals surface area contributed by atoms with Gasteiger partial charge in [0.15, 0.2) is 0 Å². The smallest absolute Gasteiger partial charge is 0.309 e. The number of benzene rings is 1. The van der Waals surface area contributed by atoms with Crippen LogP contribution >= 0.6 is 0 Å². The van der Waals surface area contributed by atoms with Crippen LogP contribution in [0.25, 0.3) is 0 Å². The highest BCUT2D eigenvalue weighted by Crippen LogP contribution is 2.21. The van der Waals surface area contributed by atoms with Gasteiger partial charge in [-0.3, -0.25) is 9.69 Å². The minimum atomic E-state index is -0.360. The zero-order valence-electron chi connectivity index (χ0n) is 17.8. The summed E-state index contributed by atoms with van der Waals surface area (Å²) in [5.41, 5.74) is 1.22. The Morgan fingerprint density at radius 1 is 1.03 bits per heavy atom. The second kappa shape index (κ2) is 10.8. The van der Waals surface area contributed by atoms with Gasteiger partial charge in [-0.15, -0.1) is 0 Å². The van der Waals surface area contributed by atoms with Crippen molar-refractivity contribution in [1.82, 2.24) is 9.80 Å². The van der Waals surface area contributed by atoms with Gasteiger partial charge < -0.3 is 24.4 Å². The molecule has 0 aromatic heterocycles. The molecule has 0 saturated carbocycles. The first-order valence-corrected chi connectivity index (χ1v) is 10.8. The second-order valence-electron chi connectivity index (χ2n) is 7.97. The highest BCUT2D eigenvalue weighted by Gasteiger charge is 2.27. The molecule has 2 aliphatic heterocycles. The van der Waals surface area contributed by atoms with Crippen molar-refractivity contribution in [2.24, 2.45) is 5.92 Å². The number of ether oxygens (including phenoxy) is 2. The Morgan fingerprint density at radius 3 is 2.17 bits per heavy atom. The monoisotopic (exact) mass is 405 g/mol.